The van der Waals surface area contributed by atoms with Gasteiger partial charge < -0.3 is 20.3 Å². The first-order valence-corrected chi connectivity index (χ1v) is 9.77. The summed E-state index contributed by atoms with van der Waals surface area (Å²) < 4.78 is 1.18. The van der Waals surface area contributed by atoms with Crippen molar-refractivity contribution in [2.45, 2.75) is 18.9 Å². The summed E-state index contributed by atoms with van der Waals surface area (Å²) in [5.74, 6) is -1.13. The average Bonchev–Trinajstić information content (AvgIpc) is 2.76. The predicted octanol–water partition coefficient (Wildman–Crippen LogP) is 2.68. The third kappa shape index (κ3) is 4.22. The Morgan fingerprint density at radius 3 is 2.40 bits per heavy atom. The third-order valence-electron chi connectivity index (χ3n) is 5.05. The number of amides is 2. The second-order valence-corrected chi connectivity index (χ2v) is 7.31. The largest absolute Gasteiger partial charge is 0.394 e. The van der Waals surface area contributed by atoms with Crippen molar-refractivity contribution in [3.8, 4) is 0 Å². The van der Waals surface area contributed by atoms with Crippen LogP contribution in [0.5, 0.6) is 0 Å². The number of likely N-dealkylation sites (N-methyl/N-ethyl adjacent to an activating group) is 1. The summed E-state index contributed by atoms with van der Waals surface area (Å²) in [7, 11) is 1.44. The highest BCUT2D eigenvalue weighted by molar-refractivity contribution is 6.30. The number of hydrogen-bond donors (Lipinski definition) is 3. The van der Waals surface area contributed by atoms with Crippen molar-refractivity contribution in [3.63, 3.8) is 0 Å². The highest BCUT2D eigenvalue weighted by atomic mass is 35.5. The lowest BCUT2D eigenvalue weighted by molar-refractivity contribution is -0.125. The van der Waals surface area contributed by atoms with Crippen LogP contribution in [0.2, 0.25) is 5.02 Å². The van der Waals surface area contributed by atoms with Crippen LogP contribution in [0.3, 0.4) is 0 Å². The van der Waals surface area contributed by atoms with Gasteiger partial charge in [0.2, 0.25) is 11.8 Å². The number of anilines is 1. The molecule has 7 nitrogen and oxygen atoms in total. The van der Waals surface area contributed by atoms with Crippen LogP contribution in [-0.2, 0) is 9.59 Å². The number of pyridine rings is 1. The van der Waals surface area contributed by atoms with E-state index in [1.54, 1.807) is 55.5 Å². The van der Waals surface area contributed by atoms with Crippen LogP contribution in [-0.4, -0.2) is 35.1 Å². The summed E-state index contributed by atoms with van der Waals surface area (Å²) in [6.45, 7) is 1.27. The second kappa shape index (κ2) is 9.11. The van der Waals surface area contributed by atoms with Gasteiger partial charge in [-0.2, -0.15) is 0 Å². The molecule has 3 rings (SSSR count). The van der Waals surface area contributed by atoms with Gasteiger partial charge in [0.15, 0.2) is 0 Å². The lowest BCUT2D eigenvalue weighted by atomic mass is 10.00. The second-order valence-electron chi connectivity index (χ2n) is 6.87. The normalized spacial score (nSPS) is 12.9. The number of halogens is 1. The van der Waals surface area contributed by atoms with Gasteiger partial charge in [-0.3, -0.25) is 14.4 Å². The Labute approximate surface area is 178 Å². The van der Waals surface area contributed by atoms with Crippen LogP contribution in [0.15, 0.2) is 59.5 Å². The molecule has 0 spiro atoms. The number of benzene rings is 2. The Bertz CT molecular complexity index is 1140. The molecule has 3 N–H and O–H groups in total. The van der Waals surface area contributed by atoms with Crippen molar-refractivity contribution in [1.29, 1.82) is 0 Å². The van der Waals surface area contributed by atoms with Gasteiger partial charge in [-0.05, 0) is 42.8 Å². The molecule has 2 aromatic carbocycles. The molecule has 0 radical (unpaired) electrons. The van der Waals surface area contributed by atoms with Gasteiger partial charge in [0.05, 0.1) is 12.5 Å². The van der Waals surface area contributed by atoms with Gasteiger partial charge in [-0.15, -0.1) is 0 Å². The van der Waals surface area contributed by atoms with E-state index >= 15 is 0 Å². The maximum Gasteiger partial charge on any atom is 0.259 e. The molecule has 2 amide bonds. The van der Waals surface area contributed by atoms with Crippen molar-refractivity contribution in [2.75, 3.05) is 19.0 Å². The molecule has 0 saturated heterocycles. The minimum absolute atomic E-state index is 0.229. The Morgan fingerprint density at radius 1 is 1.07 bits per heavy atom. The fourth-order valence-corrected chi connectivity index (χ4v) is 3.38. The molecule has 1 aromatic heterocycles. The van der Waals surface area contributed by atoms with Gasteiger partial charge in [-0.1, -0.05) is 29.8 Å². The molecule has 1 unspecified atom stereocenters. The van der Waals surface area contributed by atoms with Gasteiger partial charge >= 0.3 is 0 Å². The minimum Gasteiger partial charge on any atom is -0.394 e. The quantitative estimate of drug-likeness (QED) is 0.563. The number of aromatic nitrogens is 1. The predicted molar refractivity (Wildman–Crippen MR) is 117 cm³/mol. The number of aliphatic hydroxyl groups is 1. The van der Waals surface area contributed by atoms with E-state index in [2.05, 4.69) is 10.6 Å². The highest BCUT2D eigenvalue weighted by Gasteiger charge is 2.21. The summed E-state index contributed by atoms with van der Waals surface area (Å²) >= 11 is 5.91. The lowest BCUT2D eigenvalue weighted by Crippen LogP contribution is -2.37. The van der Waals surface area contributed by atoms with Crippen molar-refractivity contribution >= 4 is 39.9 Å². The minimum atomic E-state index is -1.03. The fraction of sp³-hybridized carbons (Fsp3) is 0.227. The maximum atomic E-state index is 12.9. The number of rotatable bonds is 6. The molecular formula is C22H22ClN3O4. The molecule has 0 aliphatic rings. The van der Waals surface area contributed by atoms with E-state index in [-0.39, 0.29) is 5.91 Å². The molecule has 0 aliphatic heterocycles. The molecular weight excluding hydrogens is 406 g/mol. The molecule has 2 atom stereocenters. The summed E-state index contributed by atoms with van der Waals surface area (Å²) in [6.07, 6.45) is 1.44. The molecule has 0 aliphatic carbocycles. The van der Waals surface area contributed by atoms with Crippen molar-refractivity contribution in [2.24, 2.45) is 0 Å². The molecule has 0 saturated carbocycles. The SMILES string of the molecule is CNC(=O)[C@@H](CO)n1ccc2c(NC(=O)C(C)c3ccc(Cl)cc3)cccc2c1=O. The van der Waals surface area contributed by atoms with E-state index in [1.807, 2.05) is 0 Å². The molecule has 8 heteroatoms. The standard InChI is InChI=1S/C22H22ClN3O4/c1-13(14-6-8-15(23)9-7-14)20(28)25-18-5-3-4-17-16(18)10-11-26(22(17)30)19(12-27)21(29)24-2/h3-11,13,19,27H,12H2,1-2H3,(H,24,29)(H,25,28)/t13?,19-/m1/s1. The number of aliphatic hydroxyl groups excluding tert-OH is 1. The zero-order chi connectivity index (χ0) is 21.8. The number of nitrogens with zero attached hydrogens (tertiary/aromatic N) is 1. The van der Waals surface area contributed by atoms with Gasteiger partial charge in [0.1, 0.15) is 6.04 Å². The summed E-state index contributed by atoms with van der Waals surface area (Å²) in [5, 5.41) is 16.3. The first-order valence-electron chi connectivity index (χ1n) is 9.40. The highest BCUT2D eigenvalue weighted by Crippen LogP contribution is 2.25. The van der Waals surface area contributed by atoms with E-state index in [0.29, 0.717) is 21.5 Å². The van der Waals surface area contributed by atoms with Crippen LogP contribution in [0, 0.1) is 0 Å². The van der Waals surface area contributed by atoms with Crippen LogP contribution in [0.4, 0.5) is 5.69 Å². The first-order chi connectivity index (χ1) is 14.4. The molecule has 0 bridgehead atoms. The van der Waals surface area contributed by atoms with E-state index < -0.39 is 30.0 Å². The number of fused-ring (bicyclic) bond motifs is 1. The molecule has 0 fully saturated rings. The molecule has 1 heterocycles. The Kier molecular flexibility index (Phi) is 6.54. The Balaban J connectivity index is 1.95. The summed E-state index contributed by atoms with van der Waals surface area (Å²) in [6, 6.07) is 12.6. The van der Waals surface area contributed by atoms with E-state index in [0.717, 1.165) is 5.56 Å². The van der Waals surface area contributed by atoms with Crippen molar-refractivity contribution in [3.05, 3.63) is 75.7 Å². The first kappa shape index (κ1) is 21.5. The average molecular weight is 428 g/mol. The summed E-state index contributed by atoms with van der Waals surface area (Å²) in [4.78, 5) is 37.7. The van der Waals surface area contributed by atoms with Gasteiger partial charge in [0, 0.05) is 34.7 Å². The van der Waals surface area contributed by atoms with Gasteiger partial charge in [-0.25, -0.2) is 0 Å². The monoisotopic (exact) mass is 427 g/mol. The number of carbonyl (C=O) groups excluding carboxylic acids is 2. The molecule has 30 heavy (non-hydrogen) atoms. The number of hydrogen-bond acceptors (Lipinski definition) is 4. The molecule has 3 aromatic rings. The van der Waals surface area contributed by atoms with Crippen molar-refractivity contribution < 1.29 is 14.7 Å². The Morgan fingerprint density at radius 2 is 1.77 bits per heavy atom. The third-order valence-corrected chi connectivity index (χ3v) is 5.30. The van der Waals surface area contributed by atoms with Gasteiger partial charge in [0.25, 0.3) is 5.56 Å². The van der Waals surface area contributed by atoms with Crippen molar-refractivity contribution in [1.82, 2.24) is 9.88 Å². The molecule has 156 valence electrons. The van der Waals surface area contributed by atoms with E-state index in [4.69, 9.17) is 11.6 Å². The zero-order valence-electron chi connectivity index (χ0n) is 16.6. The summed E-state index contributed by atoms with van der Waals surface area (Å²) in [5.41, 5.74) is 0.871. The topological polar surface area (TPSA) is 100 Å². The Hall–Kier alpha value is -3.16. The van der Waals surface area contributed by atoms with E-state index in [1.165, 1.54) is 17.8 Å². The maximum absolute atomic E-state index is 12.9. The van der Waals surface area contributed by atoms with Crippen LogP contribution in [0.1, 0.15) is 24.4 Å². The van der Waals surface area contributed by atoms with Crippen LogP contribution < -0.4 is 16.2 Å². The number of carbonyl (C=O) groups is 2. The van der Waals surface area contributed by atoms with Crippen LogP contribution >= 0.6 is 11.6 Å². The zero-order valence-corrected chi connectivity index (χ0v) is 17.3. The van der Waals surface area contributed by atoms with Crippen LogP contribution in [0.25, 0.3) is 10.8 Å². The van der Waals surface area contributed by atoms with E-state index in [9.17, 15) is 19.5 Å². The number of nitrogens with one attached hydrogen (secondary N) is 2. The lowest BCUT2D eigenvalue weighted by Gasteiger charge is -2.18. The smallest absolute Gasteiger partial charge is 0.259 e. The fourth-order valence-electron chi connectivity index (χ4n) is 3.25.